The zero-order valence-corrected chi connectivity index (χ0v) is 5.91. The van der Waals surface area contributed by atoms with E-state index >= 15 is 0 Å². The summed E-state index contributed by atoms with van der Waals surface area (Å²) >= 11 is 0. The Bertz CT molecular complexity index is 265. The zero-order chi connectivity index (χ0) is 8.27. The van der Waals surface area contributed by atoms with E-state index in [0.29, 0.717) is 13.1 Å². The monoisotopic (exact) mass is 158 g/mol. The van der Waals surface area contributed by atoms with E-state index in [0.717, 1.165) is 0 Å². The quantitative estimate of drug-likeness (QED) is 0.371. The summed E-state index contributed by atoms with van der Waals surface area (Å²) in [5.74, 6) is 5.42. The number of rotatable bonds is 3. The van der Waals surface area contributed by atoms with Gasteiger partial charge in [-0.05, 0) is 0 Å². The van der Waals surface area contributed by atoms with E-state index in [9.17, 15) is 4.79 Å². The SMILES string of the molecule is NCCN(N)c1c[nH]oc1=O. The number of hydrogen-bond acceptors (Lipinski definition) is 5. The summed E-state index contributed by atoms with van der Waals surface area (Å²) < 4.78 is 4.39. The molecule has 0 aromatic carbocycles. The number of nitrogens with one attached hydrogen (secondary N) is 1. The molecule has 0 atom stereocenters. The second-order valence-electron chi connectivity index (χ2n) is 2.02. The van der Waals surface area contributed by atoms with Gasteiger partial charge in [0, 0.05) is 13.1 Å². The summed E-state index contributed by atoms with van der Waals surface area (Å²) in [6.07, 6.45) is 1.39. The molecule has 0 saturated heterocycles. The highest BCUT2D eigenvalue weighted by molar-refractivity contribution is 5.38. The van der Waals surface area contributed by atoms with Gasteiger partial charge in [0.25, 0.3) is 0 Å². The minimum atomic E-state index is -0.485. The van der Waals surface area contributed by atoms with Crippen molar-refractivity contribution in [1.82, 2.24) is 5.16 Å². The second kappa shape index (κ2) is 3.22. The van der Waals surface area contributed by atoms with E-state index in [1.807, 2.05) is 0 Å². The van der Waals surface area contributed by atoms with Crippen LogP contribution in [0.25, 0.3) is 0 Å². The van der Waals surface area contributed by atoms with Crippen LogP contribution in [-0.4, -0.2) is 18.2 Å². The Morgan fingerprint density at radius 1 is 1.73 bits per heavy atom. The van der Waals surface area contributed by atoms with Crippen molar-refractivity contribution in [1.29, 1.82) is 0 Å². The fourth-order valence-electron chi connectivity index (χ4n) is 0.710. The average Bonchev–Trinajstić information content (AvgIpc) is 2.36. The summed E-state index contributed by atoms with van der Waals surface area (Å²) in [6.45, 7) is 0.809. The van der Waals surface area contributed by atoms with Crippen LogP contribution in [-0.2, 0) is 0 Å². The average molecular weight is 158 g/mol. The summed E-state index contributed by atoms with van der Waals surface area (Å²) in [7, 11) is 0. The minimum absolute atomic E-state index is 0.287. The first kappa shape index (κ1) is 7.83. The van der Waals surface area contributed by atoms with E-state index in [1.54, 1.807) is 0 Å². The molecular formula is C5H10N4O2. The van der Waals surface area contributed by atoms with Crippen LogP contribution >= 0.6 is 0 Å². The van der Waals surface area contributed by atoms with E-state index in [-0.39, 0.29) is 5.69 Å². The van der Waals surface area contributed by atoms with Gasteiger partial charge in [0.15, 0.2) is 5.69 Å². The molecule has 0 radical (unpaired) electrons. The largest absolute Gasteiger partial charge is 0.381 e. The van der Waals surface area contributed by atoms with Crippen molar-refractivity contribution in [3.63, 3.8) is 0 Å². The molecule has 1 aromatic rings. The Balaban J connectivity index is 2.75. The Hall–Kier alpha value is -1.27. The van der Waals surface area contributed by atoms with Crippen LogP contribution in [0.5, 0.6) is 0 Å². The molecule has 0 aliphatic rings. The summed E-state index contributed by atoms with van der Waals surface area (Å²) in [6, 6.07) is 0. The maximum absolute atomic E-state index is 10.8. The van der Waals surface area contributed by atoms with Gasteiger partial charge < -0.3 is 15.3 Å². The Morgan fingerprint density at radius 2 is 2.45 bits per heavy atom. The van der Waals surface area contributed by atoms with Crippen LogP contribution < -0.4 is 22.2 Å². The normalized spacial score (nSPS) is 10.0. The lowest BCUT2D eigenvalue weighted by Crippen LogP contribution is -2.37. The van der Waals surface area contributed by atoms with Crippen molar-refractivity contribution in [3.8, 4) is 0 Å². The van der Waals surface area contributed by atoms with Gasteiger partial charge in [0.1, 0.15) is 0 Å². The molecule has 11 heavy (non-hydrogen) atoms. The van der Waals surface area contributed by atoms with Crippen LogP contribution in [0.4, 0.5) is 5.69 Å². The van der Waals surface area contributed by atoms with Crippen LogP contribution in [0.3, 0.4) is 0 Å². The molecule has 0 fully saturated rings. The van der Waals surface area contributed by atoms with E-state index in [1.165, 1.54) is 11.2 Å². The maximum Gasteiger partial charge on any atom is 0.381 e. The second-order valence-corrected chi connectivity index (χ2v) is 2.02. The number of nitrogens with two attached hydrogens (primary N) is 2. The van der Waals surface area contributed by atoms with Crippen LogP contribution in [0.1, 0.15) is 0 Å². The van der Waals surface area contributed by atoms with E-state index < -0.39 is 5.63 Å². The molecule has 6 heteroatoms. The Morgan fingerprint density at radius 3 is 2.91 bits per heavy atom. The molecule has 0 amide bonds. The van der Waals surface area contributed by atoms with Gasteiger partial charge in [-0.3, -0.25) is 0 Å². The molecular weight excluding hydrogens is 148 g/mol. The van der Waals surface area contributed by atoms with Gasteiger partial charge in [0.2, 0.25) is 0 Å². The highest BCUT2D eigenvalue weighted by atomic mass is 16.5. The van der Waals surface area contributed by atoms with Gasteiger partial charge >= 0.3 is 5.63 Å². The highest BCUT2D eigenvalue weighted by Crippen LogP contribution is 1.98. The molecule has 0 saturated carbocycles. The lowest BCUT2D eigenvalue weighted by atomic mass is 10.5. The van der Waals surface area contributed by atoms with E-state index in [4.69, 9.17) is 11.6 Å². The molecule has 1 heterocycles. The molecule has 0 aliphatic carbocycles. The zero-order valence-electron chi connectivity index (χ0n) is 5.91. The first-order valence-electron chi connectivity index (χ1n) is 3.15. The molecule has 6 nitrogen and oxygen atoms in total. The Labute approximate surface area is 62.7 Å². The number of H-pyrrole nitrogens is 1. The fraction of sp³-hybridized carbons (Fsp3) is 0.400. The molecule has 5 N–H and O–H groups in total. The first-order chi connectivity index (χ1) is 5.25. The molecule has 0 aliphatic heterocycles. The number of aromatic nitrogens is 1. The minimum Gasteiger partial charge on any atom is -0.337 e. The third-order valence-electron chi connectivity index (χ3n) is 1.24. The lowest BCUT2D eigenvalue weighted by Gasteiger charge is -2.12. The Kier molecular flexibility index (Phi) is 2.29. The number of hydrogen-bond donors (Lipinski definition) is 3. The predicted molar refractivity (Wildman–Crippen MR) is 39.9 cm³/mol. The number of anilines is 1. The van der Waals surface area contributed by atoms with Crippen molar-refractivity contribution in [2.24, 2.45) is 11.6 Å². The van der Waals surface area contributed by atoms with E-state index in [2.05, 4.69) is 9.68 Å². The molecule has 1 rings (SSSR count). The molecule has 0 unspecified atom stereocenters. The van der Waals surface area contributed by atoms with Crippen molar-refractivity contribution in [2.75, 3.05) is 18.1 Å². The standard InChI is InChI=1S/C5H10N4O2/c6-1-2-9(7)4-3-8-11-5(4)10/h3,8H,1-2,6-7H2. The van der Waals surface area contributed by atoms with Gasteiger partial charge in [-0.2, -0.15) is 0 Å². The van der Waals surface area contributed by atoms with Crippen molar-refractivity contribution in [3.05, 3.63) is 16.6 Å². The van der Waals surface area contributed by atoms with Crippen molar-refractivity contribution < 1.29 is 4.52 Å². The molecule has 0 bridgehead atoms. The van der Waals surface area contributed by atoms with Crippen LogP contribution in [0.2, 0.25) is 0 Å². The number of hydrazine groups is 1. The predicted octanol–water partition coefficient (Wildman–Crippen LogP) is -1.39. The maximum atomic E-state index is 10.8. The summed E-state index contributed by atoms with van der Waals surface area (Å²) in [5.41, 5.74) is 5.02. The van der Waals surface area contributed by atoms with Crippen LogP contribution in [0, 0.1) is 0 Å². The van der Waals surface area contributed by atoms with Crippen molar-refractivity contribution in [2.45, 2.75) is 0 Å². The molecule has 62 valence electrons. The highest BCUT2D eigenvalue weighted by Gasteiger charge is 2.06. The first-order valence-corrected chi connectivity index (χ1v) is 3.15. The number of aromatic amines is 1. The van der Waals surface area contributed by atoms with Crippen LogP contribution in [0.15, 0.2) is 15.5 Å². The van der Waals surface area contributed by atoms with Gasteiger partial charge in [-0.25, -0.2) is 15.8 Å². The summed E-state index contributed by atoms with van der Waals surface area (Å²) in [4.78, 5) is 10.8. The molecule has 0 spiro atoms. The third kappa shape index (κ3) is 1.60. The van der Waals surface area contributed by atoms with Gasteiger partial charge in [-0.1, -0.05) is 0 Å². The number of nitrogens with zero attached hydrogens (tertiary/aromatic N) is 1. The topological polar surface area (TPSA) is 101 Å². The smallest absolute Gasteiger partial charge is 0.337 e. The molecule has 1 aromatic heterocycles. The van der Waals surface area contributed by atoms with Crippen molar-refractivity contribution >= 4 is 5.69 Å². The van der Waals surface area contributed by atoms with Gasteiger partial charge in [-0.15, -0.1) is 0 Å². The van der Waals surface area contributed by atoms with Gasteiger partial charge in [0.05, 0.1) is 6.20 Å². The third-order valence-corrected chi connectivity index (χ3v) is 1.24. The fourth-order valence-corrected chi connectivity index (χ4v) is 0.710. The lowest BCUT2D eigenvalue weighted by molar-refractivity contribution is 0.391. The summed E-state index contributed by atoms with van der Waals surface area (Å²) in [5, 5.41) is 3.53.